The van der Waals surface area contributed by atoms with E-state index in [-0.39, 0.29) is 11.9 Å². The van der Waals surface area contributed by atoms with Gasteiger partial charge < -0.3 is 10.5 Å². The van der Waals surface area contributed by atoms with E-state index in [1.165, 1.54) is 25.7 Å². The number of aliphatic carboxylic acids is 1. The van der Waals surface area contributed by atoms with E-state index in [4.69, 9.17) is 10.9 Å². The molecule has 5 heteroatoms. The van der Waals surface area contributed by atoms with Crippen molar-refractivity contribution in [3.63, 3.8) is 0 Å². The summed E-state index contributed by atoms with van der Waals surface area (Å²) in [7, 11) is 0. The molecule has 1 aliphatic rings. The summed E-state index contributed by atoms with van der Waals surface area (Å²) in [6.45, 7) is 2.03. The molecule has 0 heterocycles. The molecule has 1 unspecified atom stereocenters. The Bertz CT molecular complexity index is 273. The zero-order chi connectivity index (χ0) is 12.7. The lowest BCUT2D eigenvalue weighted by molar-refractivity contribution is -0.129. The summed E-state index contributed by atoms with van der Waals surface area (Å²) in [5, 5.41) is 8.82. The highest BCUT2D eigenvalue weighted by molar-refractivity contribution is 6.34. The first-order valence-corrected chi connectivity index (χ1v) is 6.45. The normalized spacial score (nSPS) is 19.3. The van der Waals surface area contributed by atoms with Crippen molar-refractivity contribution in [2.24, 2.45) is 16.8 Å². The standard InChI is InChI=1S/C12H23N3O2/c1-2-10(14-11(15-13)12(16)17)8-7-9-5-3-4-6-9/h9-10H,2-8,13H2,1H3,(H,14,15)(H,16,17). The summed E-state index contributed by atoms with van der Waals surface area (Å²) in [6.07, 6.45) is 8.29. The predicted molar refractivity (Wildman–Crippen MR) is 67.7 cm³/mol. The number of amidine groups is 1. The van der Waals surface area contributed by atoms with Crippen LogP contribution in [0.4, 0.5) is 0 Å². The van der Waals surface area contributed by atoms with Gasteiger partial charge in [0.2, 0.25) is 5.84 Å². The zero-order valence-corrected chi connectivity index (χ0v) is 10.5. The molecule has 1 aliphatic carbocycles. The Kier molecular flexibility index (Phi) is 5.97. The molecule has 0 bridgehead atoms. The number of rotatable bonds is 5. The highest BCUT2D eigenvalue weighted by Crippen LogP contribution is 2.29. The van der Waals surface area contributed by atoms with Crippen LogP contribution in [0.2, 0.25) is 0 Å². The second-order valence-electron chi connectivity index (χ2n) is 4.72. The van der Waals surface area contributed by atoms with E-state index in [0.29, 0.717) is 0 Å². The molecular weight excluding hydrogens is 218 g/mol. The van der Waals surface area contributed by atoms with Crippen molar-refractivity contribution in [1.29, 1.82) is 0 Å². The number of nitrogens with two attached hydrogens (primary N) is 1. The fourth-order valence-electron chi connectivity index (χ4n) is 2.42. The maximum absolute atomic E-state index is 10.8. The first kappa shape index (κ1) is 14.0. The van der Waals surface area contributed by atoms with E-state index in [1.54, 1.807) is 0 Å². The monoisotopic (exact) mass is 241 g/mol. The molecule has 0 amide bonds. The highest BCUT2D eigenvalue weighted by atomic mass is 16.4. The third-order valence-electron chi connectivity index (χ3n) is 3.51. The van der Waals surface area contributed by atoms with Crippen LogP contribution in [-0.4, -0.2) is 23.0 Å². The summed E-state index contributed by atoms with van der Waals surface area (Å²) in [4.78, 5) is 14.9. The number of hydrogen-bond acceptors (Lipinski definition) is 3. The van der Waals surface area contributed by atoms with Crippen LogP contribution in [-0.2, 0) is 4.79 Å². The van der Waals surface area contributed by atoms with Gasteiger partial charge in [0.15, 0.2) is 0 Å². The van der Waals surface area contributed by atoms with Crippen molar-refractivity contribution in [3.05, 3.63) is 0 Å². The van der Waals surface area contributed by atoms with E-state index in [1.807, 2.05) is 6.92 Å². The number of nitrogens with one attached hydrogen (secondary N) is 1. The van der Waals surface area contributed by atoms with Crippen molar-refractivity contribution in [1.82, 2.24) is 5.43 Å². The van der Waals surface area contributed by atoms with Crippen molar-refractivity contribution in [2.75, 3.05) is 0 Å². The molecule has 0 aromatic carbocycles. The number of carboxylic acids is 1. The van der Waals surface area contributed by atoms with Gasteiger partial charge in [-0.25, -0.2) is 10.6 Å². The van der Waals surface area contributed by atoms with Gasteiger partial charge in [0.1, 0.15) is 0 Å². The lowest BCUT2D eigenvalue weighted by Crippen LogP contribution is -2.37. The van der Waals surface area contributed by atoms with E-state index >= 15 is 0 Å². The predicted octanol–water partition coefficient (Wildman–Crippen LogP) is 1.68. The quantitative estimate of drug-likeness (QED) is 0.296. The summed E-state index contributed by atoms with van der Waals surface area (Å²) in [6, 6.07) is 0.0674. The highest BCUT2D eigenvalue weighted by Gasteiger charge is 2.17. The van der Waals surface area contributed by atoms with E-state index in [9.17, 15) is 4.79 Å². The Hall–Kier alpha value is -1.10. The van der Waals surface area contributed by atoms with Crippen LogP contribution in [0.1, 0.15) is 51.9 Å². The summed E-state index contributed by atoms with van der Waals surface area (Å²) >= 11 is 0. The van der Waals surface area contributed by atoms with Crippen molar-refractivity contribution in [3.8, 4) is 0 Å². The number of carboxylic acid groups (broad SMARTS) is 1. The number of carbonyl (C=O) groups is 1. The van der Waals surface area contributed by atoms with Gasteiger partial charge in [0.25, 0.3) is 0 Å². The topological polar surface area (TPSA) is 87.7 Å². The minimum atomic E-state index is -1.09. The molecular formula is C12H23N3O2. The number of aliphatic imine (C=N–C) groups is 1. The fourth-order valence-corrected chi connectivity index (χ4v) is 2.42. The molecule has 1 atom stereocenters. The van der Waals surface area contributed by atoms with Gasteiger partial charge in [-0.1, -0.05) is 32.6 Å². The van der Waals surface area contributed by atoms with Crippen LogP contribution in [0.25, 0.3) is 0 Å². The van der Waals surface area contributed by atoms with Crippen LogP contribution in [0.3, 0.4) is 0 Å². The maximum Gasteiger partial charge on any atom is 0.372 e. The third kappa shape index (κ3) is 4.73. The van der Waals surface area contributed by atoms with E-state index in [2.05, 4.69) is 10.4 Å². The lowest BCUT2D eigenvalue weighted by Gasteiger charge is -2.14. The molecule has 0 aromatic rings. The third-order valence-corrected chi connectivity index (χ3v) is 3.51. The first-order valence-electron chi connectivity index (χ1n) is 6.45. The SMILES string of the molecule is CCC(CCC1CCCC1)N=C(NN)C(=O)O. The van der Waals surface area contributed by atoms with Gasteiger partial charge in [-0.2, -0.15) is 0 Å². The average Bonchev–Trinajstić information content (AvgIpc) is 2.82. The Morgan fingerprint density at radius 1 is 1.53 bits per heavy atom. The molecule has 1 saturated carbocycles. The van der Waals surface area contributed by atoms with Gasteiger partial charge in [0.05, 0.1) is 6.04 Å². The molecule has 0 aliphatic heterocycles. The van der Waals surface area contributed by atoms with Crippen molar-refractivity contribution < 1.29 is 9.90 Å². The van der Waals surface area contributed by atoms with E-state index < -0.39 is 5.97 Å². The van der Waals surface area contributed by atoms with Gasteiger partial charge >= 0.3 is 5.97 Å². The van der Waals surface area contributed by atoms with Crippen LogP contribution in [0, 0.1) is 5.92 Å². The number of hydrogen-bond donors (Lipinski definition) is 3. The second-order valence-corrected chi connectivity index (χ2v) is 4.72. The average molecular weight is 241 g/mol. The molecule has 0 aromatic heterocycles. The number of hydrazine groups is 1. The molecule has 1 rings (SSSR count). The molecule has 98 valence electrons. The molecule has 0 saturated heterocycles. The summed E-state index contributed by atoms with van der Waals surface area (Å²) in [5.41, 5.74) is 2.14. The molecule has 0 spiro atoms. The molecule has 17 heavy (non-hydrogen) atoms. The fraction of sp³-hybridized carbons (Fsp3) is 0.833. The second kappa shape index (κ2) is 7.27. The van der Waals surface area contributed by atoms with Crippen LogP contribution >= 0.6 is 0 Å². The van der Waals surface area contributed by atoms with Crippen molar-refractivity contribution in [2.45, 2.75) is 57.9 Å². The Morgan fingerprint density at radius 2 is 2.18 bits per heavy atom. The minimum absolute atomic E-state index is 0.0674. The molecule has 1 fully saturated rings. The van der Waals surface area contributed by atoms with E-state index in [0.717, 1.165) is 25.2 Å². The van der Waals surface area contributed by atoms with Crippen LogP contribution < -0.4 is 11.3 Å². The maximum atomic E-state index is 10.8. The van der Waals surface area contributed by atoms with Crippen LogP contribution in [0.5, 0.6) is 0 Å². The molecule has 4 N–H and O–H groups in total. The first-order chi connectivity index (χ1) is 8.17. The smallest absolute Gasteiger partial charge is 0.372 e. The summed E-state index contributed by atoms with van der Waals surface area (Å²) in [5.74, 6) is 4.72. The Morgan fingerprint density at radius 3 is 2.65 bits per heavy atom. The zero-order valence-electron chi connectivity index (χ0n) is 10.5. The Balaban J connectivity index is 2.43. The van der Waals surface area contributed by atoms with Gasteiger partial charge in [-0.15, -0.1) is 0 Å². The molecule has 5 nitrogen and oxygen atoms in total. The van der Waals surface area contributed by atoms with Gasteiger partial charge in [0, 0.05) is 0 Å². The Labute approximate surface area is 102 Å². The summed E-state index contributed by atoms with van der Waals surface area (Å²) < 4.78 is 0. The lowest BCUT2D eigenvalue weighted by atomic mass is 9.98. The van der Waals surface area contributed by atoms with Gasteiger partial charge in [-0.05, 0) is 25.2 Å². The van der Waals surface area contributed by atoms with Crippen molar-refractivity contribution >= 4 is 11.8 Å². The van der Waals surface area contributed by atoms with Crippen LogP contribution in [0.15, 0.2) is 4.99 Å². The number of nitrogens with zero attached hydrogens (tertiary/aromatic N) is 1. The van der Waals surface area contributed by atoms with Gasteiger partial charge in [-0.3, -0.25) is 4.99 Å². The molecule has 0 radical (unpaired) electrons. The largest absolute Gasteiger partial charge is 0.475 e. The minimum Gasteiger partial charge on any atom is -0.475 e.